The molecule has 0 bridgehead atoms. The van der Waals surface area contributed by atoms with Gasteiger partial charge in [0.25, 0.3) is 0 Å². The van der Waals surface area contributed by atoms with Gasteiger partial charge < -0.3 is 106 Å². The Kier molecular flexibility index (Phi) is 21.1. The summed E-state index contributed by atoms with van der Waals surface area (Å²) in [5, 5.41) is 112. The zero-order chi connectivity index (χ0) is 52.1. The highest BCUT2D eigenvalue weighted by atomic mass is 31.2. The Morgan fingerprint density at radius 2 is 0.667 bits per heavy atom. The molecule has 69 heavy (non-hydrogen) atoms. The van der Waals surface area contributed by atoms with Gasteiger partial charge in [0, 0.05) is 27.7 Å². The van der Waals surface area contributed by atoms with Crippen LogP contribution in [-0.2, 0) is 79.0 Å². The SMILES string of the molecule is CC(=O)N[C@H]1C(OP(=O)(O)O[C@H]2[C@H](O)[C@@H](CO)OC(OP(=O)(O)O[C@H]3[C@H](O)[C@@H](CO)OC(OP(=O)(O)O[C@H]4[C@H](O)[C@@H](CO)OC(O)[C@@H]4NC(C)=O)[C@@H]3NC(C)=O)[C@@H]2NC(C)=O)O[C@H](CO)[C@@H](O)[C@@H]1O. The van der Waals surface area contributed by atoms with Crippen LogP contribution in [0.2, 0.25) is 0 Å². The van der Waals surface area contributed by atoms with Crippen LogP contribution in [0.5, 0.6) is 0 Å². The number of rotatable bonds is 20. The molecule has 4 rings (SSSR count). The van der Waals surface area contributed by atoms with Crippen molar-refractivity contribution in [1.82, 2.24) is 21.3 Å². The summed E-state index contributed by atoms with van der Waals surface area (Å²) in [6, 6.07) is -8.10. The molecule has 0 aromatic carbocycles. The number of aliphatic hydroxyl groups excluding tert-OH is 10. The molecule has 7 unspecified atom stereocenters. The van der Waals surface area contributed by atoms with Crippen LogP contribution in [0, 0.1) is 0 Å². The molecule has 37 heteroatoms. The molecule has 4 aliphatic rings. The summed E-state index contributed by atoms with van der Waals surface area (Å²) < 4.78 is 92.8. The molecule has 0 radical (unpaired) electrons. The summed E-state index contributed by atoms with van der Waals surface area (Å²) >= 11 is 0. The molecule has 0 aromatic heterocycles. The van der Waals surface area contributed by atoms with E-state index in [1.165, 1.54) is 0 Å². The Bertz CT molecular complexity index is 1930. The maximum absolute atomic E-state index is 13.9. The minimum absolute atomic E-state index is 0.823. The van der Waals surface area contributed by atoms with Crippen molar-refractivity contribution >= 4 is 47.1 Å². The lowest BCUT2D eigenvalue weighted by atomic mass is 9.97. The van der Waals surface area contributed by atoms with E-state index < -0.39 is 196 Å². The minimum atomic E-state index is -6.03. The zero-order valence-corrected chi connectivity index (χ0v) is 39.2. The number of hydrogen-bond donors (Lipinski definition) is 17. The highest BCUT2D eigenvalue weighted by Gasteiger charge is 2.57. The van der Waals surface area contributed by atoms with Crippen molar-refractivity contribution in [2.75, 3.05) is 26.4 Å². The summed E-state index contributed by atoms with van der Waals surface area (Å²) in [5.74, 6) is -3.93. The first-order chi connectivity index (χ1) is 32.0. The third kappa shape index (κ3) is 15.3. The molecule has 4 aliphatic heterocycles. The number of carbonyl (C=O) groups excluding carboxylic acids is 4. The van der Waals surface area contributed by atoms with Gasteiger partial charge >= 0.3 is 23.5 Å². The van der Waals surface area contributed by atoms with Gasteiger partial charge in [-0.3, -0.25) is 46.3 Å². The molecule has 0 aromatic rings. The fourth-order valence-electron chi connectivity index (χ4n) is 7.43. The topological polar surface area (TPSA) is 523 Å². The van der Waals surface area contributed by atoms with Crippen molar-refractivity contribution in [3.63, 3.8) is 0 Å². The first-order valence-electron chi connectivity index (χ1n) is 20.3. The molecule has 17 N–H and O–H groups in total. The number of phosphoric acid groups is 3. The molecule has 0 spiro atoms. The van der Waals surface area contributed by atoms with Crippen molar-refractivity contribution in [2.45, 2.75) is 150 Å². The second kappa shape index (κ2) is 24.6. The lowest BCUT2D eigenvalue weighted by Gasteiger charge is -2.46. The number of ether oxygens (including phenoxy) is 4. The van der Waals surface area contributed by atoms with Crippen molar-refractivity contribution < 1.29 is 145 Å². The van der Waals surface area contributed by atoms with Crippen molar-refractivity contribution in [3.05, 3.63) is 0 Å². The number of amides is 4. The average molecular weight is 1070 g/mol. The highest BCUT2D eigenvalue weighted by molar-refractivity contribution is 7.48. The normalized spacial score (nSPS) is 41.1. The summed E-state index contributed by atoms with van der Waals surface area (Å²) in [6.07, 6.45) is -34.2. The molecule has 0 aliphatic carbocycles. The van der Waals surface area contributed by atoms with E-state index in [4.69, 9.17) is 46.1 Å². The van der Waals surface area contributed by atoms with Crippen LogP contribution in [0.4, 0.5) is 0 Å². The van der Waals surface area contributed by atoms with Crippen LogP contribution in [0.15, 0.2) is 0 Å². The van der Waals surface area contributed by atoms with E-state index in [0.717, 1.165) is 27.7 Å². The maximum atomic E-state index is 13.9. The second-order valence-corrected chi connectivity index (χ2v) is 19.8. The van der Waals surface area contributed by atoms with E-state index in [-0.39, 0.29) is 0 Å². The van der Waals surface area contributed by atoms with Crippen molar-refractivity contribution in [2.24, 2.45) is 0 Å². The monoisotopic (exact) mass is 1070 g/mol. The first kappa shape index (κ1) is 59.2. The minimum Gasteiger partial charge on any atom is -0.394 e. The smallest absolute Gasteiger partial charge is 0.394 e. The molecule has 400 valence electrons. The molecule has 4 amide bonds. The molecular formula is C32H57N4O30P3. The van der Waals surface area contributed by atoms with E-state index in [1.807, 2.05) is 0 Å². The molecule has 34 nitrogen and oxygen atoms in total. The third-order valence-electron chi connectivity index (χ3n) is 10.4. The number of aliphatic hydroxyl groups is 10. The van der Waals surface area contributed by atoms with Gasteiger partial charge in [-0.1, -0.05) is 0 Å². The molecular weight excluding hydrogens is 1010 g/mol. The van der Waals surface area contributed by atoms with Gasteiger partial charge in [0.15, 0.2) is 25.2 Å². The number of nitrogens with one attached hydrogen (secondary N) is 4. The van der Waals surface area contributed by atoms with E-state index >= 15 is 0 Å². The van der Waals surface area contributed by atoms with E-state index in [9.17, 15) is 98.6 Å². The second-order valence-electron chi connectivity index (χ2n) is 15.7. The van der Waals surface area contributed by atoms with E-state index in [1.54, 1.807) is 0 Å². The molecule has 4 saturated heterocycles. The van der Waals surface area contributed by atoms with Gasteiger partial charge in [0.2, 0.25) is 23.6 Å². The van der Waals surface area contributed by atoms with Crippen molar-refractivity contribution in [1.29, 1.82) is 0 Å². The van der Waals surface area contributed by atoms with Crippen LogP contribution in [0.3, 0.4) is 0 Å². The van der Waals surface area contributed by atoms with Gasteiger partial charge in [-0.05, 0) is 0 Å². The predicted octanol–water partition coefficient (Wildman–Crippen LogP) is -8.82. The Morgan fingerprint density at radius 3 is 0.986 bits per heavy atom. The molecule has 0 saturated carbocycles. The van der Waals surface area contributed by atoms with Gasteiger partial charge in [-0.15, -0.1) is 0 Å². The maximum Gasteiger partial charge on any atom is 0.475 e. The van der Waals surface area contributed by atoms with Gasteiger partial charge in [-0.2, -0.15) is 0 Å². The van der Waals surface area contributed by atoms with E-state index in [2.05, 4.69) is 21.3 Å². The largest absolute Gasteiger partial charge is 0.475 e. The van der Waals surface area contributed by atoms with E-state index in [0.29, 0.717) is 0 Å². The molecule has 4 fully saturated rings. The highest BCUT2D eigenvalue weighted by Crippen LogP contribution is 2.54. The third-order valence-corrected chi connectivity index (χ3v) is 13.4. The van der Waals surface area contributed by atoms with Crippen LogP contribution in [0.25, 0.3) is 0 Å². The number of hydrogen-bond acceptors (Lipinski definition) is 27. The van der Waals surface area contributed by atoms with Crippen LogP contribution < -0.4 is 21.3 Å². The fourth-order valence-corrected chi connectivity index (χ4v) is 10.6. The summed E-state index contributed by atoms with van der Waals surface area (Å²) in [7, 11) is -17.6. The standard InChI is InChI=1S/C32H57N4O30P3/c1-9(41)33-17-25(49)21(45)13(5-37)58-30(17)64-68(53,54)62-27-19(35-11(3)43)32(60-15(7-39)23(27)47)66-69(55,56)63-28-20(36-12(4)44)31(59-16(8-40)24(28)48)65-67(51,52)61-26-18(34-10(2)42)29(50)57-14(6-38)22(26)46/h13-32,37-40,45-50H,5-8H2,1-4H3,(H,33,41)(H,34,42)(H,35,43)(H,36,44)(H,51,52)(H,53,54)(H,55,56)/t13-,14-,15-,16-,17-,18-,19-,20-,21-,22-,23-,24-,25-,26-,27-,28-,29?,30?,31?,32?/m1/s1. The molecule has 4 heterocycles. The van der Waals surface area contributed by atoms with Gasteiger partial charge in [0.1, 0.15) is 97.4 Å². The first-order valence-corrected chi connectivity index (χ1v) is 24.8. The Labute approximate surface area is 389 Å². The lowest BCUT2D eigenvalue weighted by molar-refractivity contribution is -0.265. The molecule has 23 atom stereocenters. The van der Waals surface area contributed by atoms with Crippen molar-refractivity contribution in [3.8, 4) is 0 Å². The number of phosphoric ester groups is 3. The zero-order valence-electron chi connectivity index (χ0n) is 36.5. The lowest BCUT2D eigenvalue weighted by Crippen LogP contribution is -2.66. The average Bonchev–Trinajstić information content (AvgIpc) is 3.23. The summed E-state index contributed by atoms with van der Waals surface area (Å²) in [4.78, 5) is 81.7. The quantitative estimate of drug-likeness (QED) is 0.0504. The van der Waals surface area contributed by atoms with Gasteiger partial charge in [-0.25, -0.2) is 13.7 Å². The predicted molar refractivity (Wildman–Crippen MR) is 213 cm³/mol. The Balaban J connectivity index is 1.65. The number of carbonyl (C=O) groups is 4. The Morgan fingerprint density at radius 1 is 0.406 bits per heavy atom. The summed E-state index contributed by atoms with van der Waals surface area (Å²) in [5.41, 5.74) is 0. The van der Waals surface area contributed by atoms with Gasteiger partial charge in [0.05, 0.1) is 26.4 Å². The summed E-state index contributed by atoms with van der Waals surface area (Å²) in [6.45, 7) is -0.944. The van der Waals surface area contributed by atoms with Crippen LogP contribution in [-0.4, -0.2) is 238 Å². The van der Waals surface area contributed by atoms with Crippen LogP contribution >= 0.6 is 23.5 Å². The fraction of sp³-hybridized carbons (Fsp3) is 0.875. The Hall–Kier alpha value is -2.35. The van der Waals surface area contributed by atoms with Crippen LogP contribution in [0.1, 0.15) is 27.7 Å².